The molecular formula is C48H42BCl2N2O2Zr. The molecular weight excluding hydrogens is 809 g/mol. The molecule has 0 radical (unpaired) electrons. The molecule has 0 fully saturated rings. The van der Waals surface area contributed by atoms with Crippen LogP contribution in [0.5, 0.6) is 0 Å². The van der Waals surface area contributed by atoms with Crippen molar-refractivity contribution in [2.24, 2.45) is 0 Å². The molecule has 6 aromatic carbocycles. The number of hydrogen-bond donors (Lipinski definition) is 2. The second-order valence-corrected chi connectivity index (χ2v) is 36.5. The number of rotatable bonds is 11. The van der Waals surface area contributed by atoms with Crippen molar-refractivity contribution < 1.29 is 25.8 Å². The zero-order valence-electron chi connectivity index (χ0n) is 31.8. The second-order valence-electron chi connectivity index (χ2n) is 15.1. The summed E-state index contributed by atoms with van der Waals surface area (Å²) in [7, 11) is 17.7. The summed E-state index contributed by atoms with van der Waals surface area (Å²) in [4.78, 5) is 25.5. The Balaban J connectivity index is 1.49. The van der Waals surface area contributed by atoms with E-state index in [2.05, 4.69) is 147 Å². The van der Waals surface area contributed by atoms with Gasteiger partial charge in [0.15, 0.2) is 0 Å². The summed E-state index contributed by atoms with van der Waals surface area (Å²) in [6.45, 7) is 8.58. The van der Waals surface area contributed by atoms with Crippen LogP contribution in [-0.4, -0.2) is 17.3 Å². The van der Waals surface area contributed by atoms with Crippen LogP contribution in [0.3, 0.4) is 0 Å². The molecule has 8 heteroatoms. The third kappa shape index (κ3) is 6.09. The van der Waals surface area contributed by atoms with E-state index in [1.165, 1.54) is 22.3 Å². The van der Waals surface area contributed by atoms with Gasteiger partial charge in [0.1, 0.15) is 0 Å². The molecule has 0 spiro atoms. The maximum absolute atomic E-state index is 12.7. The molecule has 2 unspecified atom stereocenters. The van der Waals surface area contributed by atoms with Crippen LogP contribution in [0.15, 0.2) is 133 Å². The van der Waals surface area contributed by atoms with Crippen LogP contribution in [0.25, 0.3) is 45.6 Å². The predicted octanol–water partition coefficient (Wildman–Crippen LogP) is 11.6. The van der Waals surface area contributed by atoms with Gasteiger partial charge in [-0.1, -0.05) is 0 Å². The van der Waals surface area contributed by atoms with Crippen LogP contribution in [0.4, 0.5) is 0 Å². The summed E-state index contributed by atoms with van der Waals surface area (Å²) in [6.07, 6.45) is 5.72. The van der Waals surface area contributed by atoms with Gasteiger partial charge in [0, 0.05) is 0 Å². The third-order valence-electron chi connectivity index (χ3n) is 12.3. The van der Waals surface area contributed by atoms with E-state index in [4.69, 9.17) is 17.0 Å². The predicted molar refractivity (Wildman–Crippen MR) is 233 cm³/mol. The molecule has 277 valence electrons. The summed E-state index contributed by atoms with van der Waals surface area (Å²) in [5, 5.41) is 6.00. The quantitative estimate of drug-likeness (QED) is 0.101. The standard InChI is InChI=1S/2C23H19.C2H3BN2O2.2ClH.Zr/c2*1-16-8-6-12-21(17(16)2)22-13-7-11-19-14-20(15-23(19)22)18-9-4-3-5-10-18;6-1-4-3-5-2-7;;;/h2*3-15H,1-2H3;1-2H,(H-,4,5,6,7);2*1H;/q;;;;;+1/p-1. The fourth-order valence-corrected chi connectivity index (χ4v) is 29.0. The molecule has 4 nitrogen and oxygen atoms in total. The van der Waals surface area contributed by atoms with Gasteiger partial charge in [0.2, 0.25) is 0 Å². The first-order valence-electron chi connectivity index (χ1n) is 19.0. The van der Waals surface area contributed by atoms with Gasteiger partial charge in [-0.15, -0.1) is 0 Å². The molecule has 2 aliphatic carbocycles. The van der Waals surface area contributed by atoms with Crippen molar-refractivity contribution in [3.8, 4) is 22.3 Å². The third-order valence-corrected chi connectivity index (χ3v) is 32.0. The van der Waals surface area contributed by atoms with Crippen LogP contribution in [0, 0.1) is 27.7 Å². The zero-order chi connectivity index (χ0) is 39.2. The average Bonchev–Trinajstić information content (AvgIpc) is 3.82. The topological polar surface area (TPSA) is 58.2 Å². The first kappa shape index (κ1) is 38.2. The van der Waals surface area contributed by atoms with Crippen LogP contribution >= 0.6 is 17.0 Å². The van der Waals surface area contributed by atoms with Gasteiger partial charge in [0.05, 0.1) is 0 Å². The van der Waals surface area contributed by atoms with Crippen molar-refractivity contribution in [2.75, 3.05) is 0 Å². The summed E-state index contributed by atoms with van der Waals surface area (Å²) >= 11 is -6.17. The summed E-state index contributed by atoms with van der Waals surface area (Å²) in [5.74, 6) is 0. The van der Waals surface area contributed by atoms with Crippen LogP contribution in [-0.2, 0) is 25.8 Å². The number of fused-ring (bicyclic) bond motifs is 2. The number of allylic oxidation sites excluding steroid dienone is 2. The minimum absolute atomic E-state index is 0.570. The first-order chi connectivity index (χ1) is 27.1. The van der Waals surface area contributed by atoms with E-state index < -0.39 is 27.9 Å². The van der Waals surface area contributed by atoms with E-state index in [1.807, 2.05) is 36.4 Å². The first-order valence-corrected chi connectivity index (χ1v) is 29.6. The number of aryl methyl sites for hydroxylation is 2. The van der Waals surface area contributed by atoms with Gasteiger partial charge in [-0.2, -0.15) is 0 Å². The Labute approximate surface area is 337 Å². The summed E-state index contributed by atoms with van der Waals surface area (Å²) in [5.41, 5.74) is 17.1. The number of benzene rings is 6. The normalized spacial score (nSPS) is 16.4. The molecule has 2 atom stereocenters. The molecule has 2 N–H and O–H groups in total. The average molecular weight is 852 g/mol. The Hall–Kier alpha value is -4.73. The van der Waals surface area contributed by atoms with Crippen LogP contribution in [0.2, 0.25) is 0 Å². The SMILES string of the molecule is Cc1cccc(-c2cccc3c2C=C(c2ccccc2)[CH]3[Zr]([Cl])([Cl])([B](NC=O)NC=O)[CH]2C(c3ccccc3)=Cc3c(-c4cccc(C)c4C)cccc32)c1C. The van der Waals surface area contributed by atoms with E-state index in [0.29, 0.717) is 12.8 Å². The van der Waals surface area contributed by atoms with Gasteiger partial charge in [-0.3, -0.25) is 0 Å². The van der Waals surface area contributed by atoms with E-state index in [-0.39, 0.29) is 0 Å². The van der Waals surface area contributed by atoms with E-state index in [1.54, 1.807) is 0 Å². The monoisotopic (exact) mass is 849 g/mol. The number of nitrogens with one attached hydrogen (secondary N) is 2. The molecule has 8 rings (SSSR count). The molecule has 0 aromatic heterocycles. The number of carbonyl (C=O) groups is 2. The van der Waals surface area contributed by atoms with Crippen molar-refractivity contribution in [3.05, 3.63) is 189 Å². The molecule has 0 aliphatic heterocycles. The van der Waals surface area contributed by atoms with Gasteiger partial charge in [-0.25, -0.2) is 0 Å². The fourth-order valence-electron chi connectivity index (χ4n) is 9.31. The van der Waals surface area contributed by atoms with E-state index in [0.717, 1.165) is 66.8 Å². The Bertz CT molecular complexity index is 2410. The van der Waals surface area contributed by atoms with Crippen molar-refractivity contribution in [3.63, 3.8) is 0 Å². The minimum atomic E-state index is -6.17. The Morgan fingerprint density at radius 2 is 0.875 bits per heavy atom. The van der Waals surface area contributed by atoms with Crippen molar-refractivity contribution in [1.29, 1.82) is 0 Å². The van der Waals surface area contributed by atoms with Crippen molar-refractivity contribution >= 4 is 57.7 Å². The van der Waals surface area contributed by atoms with Crippen LogP contribution < -0.4 is 10.5 Å². The molecule has 0 bridgehead atoms. The Kier molecular flexibility index (Phi) is 10.2. The van der Waals surface area contributed by atoms with E-state index in [9.17, 15) is 9.59 Å². The molecule has 0 saturated heterocycles. The van der Waals surface area contributed by atoms with Gasteiger partial charge in [0.25, 0.3) is 0 Å². The van der Waals surface area contributed by atoms with Crippen LogP contribution in [0.1, 0.15) is 62.9 Å². The molecule has 6 aromatic rings. The number of hydrogen-bond acceptors (Lipinski definition) is 2. The van der Waals surface area contributed by atoms with Crippen molar-refractivity contribution in [1.82, 2.24) is 10.5 Å². The summed E-state index contributed by atoms with van der Waals surface area (Å²) in [6, 6.07) is 46.0. The Morgan fingerprint density at radius 3 is 1.27 bits per heavy atom. The van der Waals surface area contributed by atoms with E-state index >= 15 is 0 Å². The number of carbonyl (C=O) groups excluding carboxylic acids is 2. The second kappa shape index (κ2) is 15.0. The molecule has 2 aliphatic rings. The maximum atomic E-state index is 12.7. The fraction of sp³-hybridized carbons (Fsp3) is 0.125. The van der Waals surface area contributed by atoms with Gasteiger partial charge in [-0.05, 0) is 0 Å². The van der Waals surface area contributed by atoms with Gasteiger partial charge >= 0.3 is 340 Å². The number of halogens is 2. The Morgan fingerprint density at radius 1 is 0.500 bits per heavy atom. The zero-order valence-corrected chi connectivity index (χ0v) is 35.8. The number of amides is 2. The van der Waals surface area contributed by atoms with Crippen molar-refractivity contribution in [2.45, 2.75) is 34.9 Å². The molecule has 56 heavy (non-hydrogen) atoms. The molecule has 0 heterocycles. The summed E-state index contributed by atoms with van der Waals surface area (Å²) < 4.78 is -2.20. The molecule has 0 saturated carbocycles. The molecule has 2 amide bonds. The van der Waals surface area contributed by atoms with Gasteiger partial charge < -0.3 is 0 Å².